The lowest BCUT2D eigenvalue weighted by Gasteiger charge is -2.21. The number of hydrogen-bond acceptors (Lipinski definition) is 3. The van der Waals surface area contributed by atoms with E-state index in [1.165, 1.54) is 12.1 Å². The minimum Gasteiger partial charge on any atom is -0.487 e. The number of amides is 1. The van der Waals surface area contributed by atoms with Crippen LogP contribution in [0.25, 0.3) is 10.8 Å². The number of nitrogens with one attached hydrogen (secondary N) is 1. The summed E-state index contributed by atoms with van der Waals surface area (Å²) >= 11 is 0. The Morgan fingerprint density at radius 1 is 1.03 bits per heavy atom. The van der Waals surface area contributed by atoms with Gasteiger partial charge in [0.05, 0.1) is 11.1 Å². The van der Waals surface area contributed by atoms with Gasteiger partial charge in [0.1, 0.15) is 18.4 Å². The second-order valence-electron chi connectivity index (χ2n) is 7.82. The molecule has 2 atom stereocenters. The van der Waals surface area contributed by atoms with Crippen molar-refractivity contribution < 1.29 is 32.6 Å². The van der Waals surface area contributed by atoms with Gasteiger partial charge in [-0.05, 0) is 35.1 Å². The SMILES string of the molecule is CCC(C)C(NC(=O)c1ccc2ccccc2c1OCc1ccc(C(F)(F)F)cc1)C(=O)O. The molecule has 8 heteroatoms. The summed E-state index contributed by atoms with van der Waals surface area (Å²) in [6.45, 7) is 3.50. The smallest absolute Gasteiger partial charge is 0.416 e. The maximum atomic E-state index is 13.0. The Morgan fingerprint density at radius 3 is 2.30 bits per heavy atom. The quantitative estimate of drug-likeness (QED) is 0.455. The number of aliphatic carboxylic acids is 1. The number of alkyl halides is 3. The number of benzene rings is 3. The molecule has 3 aromatic rings. The van der Waals surface area contributed by atoms with Crippen LogP contribution in [0, 0.1) is 5.92 Å². The standard InChI is InChI=1S/C25H24F3NO4/c1-3-15(2)21(24(31)32)29-23(30)20-13-10-17-6-4-5-7-19(17)22(20)33-14-16-8-11-18(12-9-16)25(26,27)28/h4-13,15,21H,3,14H2,1-2H3,(H,29,30)(H,31,32). The molecule has 3 aromatic carbocycles. The summed E-state index contributed by atoms with van der Waals surface area (Å²) in [5.41, 5.74) is -0.123. The summed E-state index contributed by atoms with van der Waals surface area (Å²) in [6.07, 6.45) is -3.87. The van der Waals surface area contributed by atoms with Crippen LogP contribution in [0.3, 0.4) is 0 Å². The molecule has 0 spiro atoms. The molecular formula is C25H24F3NO4. The van der Waals surface area contributed by atoms with Gasteiger partial charge in [-0.2, -0.15) is 13.2 Å². The third-order valence-corrected chi connectivity index (χ3v) is 5.55. The summed E-state index contributed by atoms with van der Waals surface area (Å²) in [5, 5.41) is 13.5. The van der Waals surface area contributed by atoms with Crippen molar-refractivity contribution in [1.82, 2.24) is 5.32 Å². The highest BCUT2D eigenvalue weighted by atomic mass is 19.4. The van der Waals surface area contributed by atoms with Gasteiger partial charge in [0.2, 0.25) is 0 Å². The van der Waals surface area contributed by atoms with Crippen molar-refractivity contribution in [2.24, 2.45) is 5.92 Å². The van der Waals surface area contributed by atoms with Gasteiger partial charge in [-0.15, -0.1) is 0 Å². The zero-order valence-corrected chi connectivity index (χ0v) is 18.1. The van der Waals surface area contributed by atoms with Crippen LogP contribution in [0.2, 0.25) is 0 Å². The van der Waals surface area contributed by atoms with Gasteiger partial charge < -0.3 is 15.2 Å². The molecule has 0 radical (unpaired) electrons. The topological polar surface area (TPSA) is 75.6 Å². The highest BCUT2D eigenvalue weighted by molar-refractivity contribution is 6.04. The van der Waals surface area contributed by atoms with E-state index in [4.69, 9.17) is 4.74 Å². The molecule has 2 unspecified atom stereocenters. The van der Waals surface area contributed by atoms with Crippen molar-refractivity contribution in [3.8, 4) is 5.75 Å². The van der Waals surface area contributed by atoms with Crippen molar-refractivity contribution in [2.75, 3.05) is 0 Å². The molecule has 5 nitrogen and oxygen atoms in total. The number of fused-ring (bicyclic) bond motifs is 1. The third kappa shape index (κ3) is 5.63. The van der Waals surface area contributed by atoms with Gasteiger partial charge >= 0.3 is 12.1 Å². The Labute approximate surface area is 189 Å². The van der Waals surface area contributed by atoms with Crippen LogP contribution in [0.5, 0.6) is 5.75 Å². The molecule has 174 valence electrons. The molecule has 0 aliphatic rings. The van der Waals surface area contributed by atoms with E-state index in [1.54, 1.807) is 31.2 Å². The van der Waals surface area contributed by atoms with Crippen LogP contribution in [-0.2, 0) is 17.6 Å². The van der Waals surface area contributed by atoms with Gasteiger partial charge in [-0.25, -0.2) is 4.79 Å². The van der Waals surface area contributed by atoms with Gasteiger partial charge in [-0.3, -0.25) is 4.79 Å². The normalized spacial score (nSPS) is 13.4. The molecule has 3 rings (SSSR count). The molecule has 0 bridgehead atoms. The van der Waals surface area contributed by atoms with E-state index in [2.05, 4.69) is 5.32 Å². The van der Waals surface area contributed by atoms with E-state index in [1.807, 2.05) is 19.1 Å². The van der Waals surface area contributed by atoms with Crippen LogP contribution >= 0.6 is 0 Å². The molecule has 0 aliphatic carbocycles. The molecule has 0 fully saturated rings. The number of hydrogen-bond donors (Lipinski definition) is 2. The molecule has 33 heavy (non-hydrogen) atoms. The second kappa shape index (κ2) is 9.94. The fourth-order valence-electron chi connectivity index (χ4n) is 3.42. The zero-order chi connectivity index (χ0) is 24.2. The fraction of sp³-hybridized carbons (Fsp3) is 0.280. The molecule has 2 N–H and O–H groups in total. The maximum Gasteiger partial charge on any atom is 0.416 e. The second-order valence-corrected chi connectivity index (χ2v) is 7.82. The number of carboxylic acids is 1. The van der Waals surface area contributed by atoms with Gasteiger partial charge in [-0.1, -0.05) is 62.7 Å². The predicted molar refractivity (Wildman–Crippen MR) is 118 cm³/mol. The molecule has 0 aliphatic heterocycles. The Balaban J connectivity index is 1.92. The van der Waals surface area contributed by atoms with Crippen LogP contribution in [-0.4, -0.2) is 23.0 Å². The van der Waals surface area contributed by atoms with Gasteiger partial charge in [0.25, 0.3) is 5.91 Å². The minimum absolute atomic E-state index is 0.0693. The van der Waals surface area contributed by atoms with E-state index in [0.29, 0.717) is 17.4 Å². The third-order valence-electron chi connectivity index (χ3n) is 5.55. The van der Waals surface area contributed by atoms with E-state index >= 15 is 0 Å². The molecular weight excluding hydrogens is 435 g/mol. The lowest BCUT2D eigenvalue weighted by atomic mass is 9.98. The van der Waals surface area contributed by atoms with Gasteiger partial charge in [0.15, 0.2) is 0 Å². The first-order chi connectivity index (χ1) is 15.6. The lowest BCUT2D eigenvalue weighted by Crippen LogP contribution is -2.45. The Bertz CT molecular complexity index is 1140. The summed E-state index contributed by atoms with van der Waals surface area (Å²) in [7, 11) is 0. The van der Waals surface area contributed by atoms with Crippen LogP contribution < -0.4 is 10.1 Å². The number of rotatable bonds is 8. The number of halogens is 3. The maximum absolute atomic E-state index is 13.0. The average Bonchev–Trinajstić information content (AvgIpc) is 2.79. The van der Waals surface area contributed by atoms with E-state index in [9.17, 15) is 27.9 Å². The Hall–Kier alpha value is -3.55. The summed E-state index contributed by atoms with van der Waals surface area (Å²) in [4.78, 5) is 24.7. The minimum atomic E-state index is -4.43. The Kier molecular flexibility index (Phi) is 7.26. The molecule has 0 heterocycles. The largest absolute Gasteiger partial charge is 0.487 e. The summed E-state index contributed by atoms with van der Waals surface area (Å²) in [6, 6.07) is 14.0. The van der Waals surface area contributed by atoms with Crippen molar-refractivity contribution in [2.45, 2.75) is 39.1 Å². The van der Waals surface area contributed by atoms with Crippen LogP contribution in [0.1, 0.15) is 41.8 Å². The molecule has 1 amide bonds. The Morgan fingerprint density at radius 2 is 1.70 bits per heavy atom. The van der Waals surface area contributed by atoms with Crippen LogP contribution in [0.4, 0.5) is 13.2 Å². The average molecular weight is 459 g/mol. The molecule has 0 aromatic heterocycles. The van der Waals surface area contributed by atoms with Gasteiger partial charge in [0, 0.05) is 5.39 Å². The molecule has 0 saturated heterocycles. The van der Waals surface area contributed by atoms with E-state index in [-0.39, 0.29) is 23.8 Å². The first-order valence-electron chi connectivity index (χ1n) is 10.5. The van der Waals surface area contributed by atoms with E-state index in [0.717, 1.165) is 17.5 Å². The lowest BCUT2D eigenvalue weighted by molar-refractivity contribution is -0.140. The number of ether oxygens (including phenoxy) is 1. The number of carbonyl (C=O) groups excluding carboxylic acids is 1. The van der Waals surface area contributed by atoms with E-state index < -0.39 is 29.7 Å². The number of carbonyl (C=O) groups is 2. The summed E-state index contributed by atoms with van der Waals surface area (Å²) in [5.74, 6) is -1.79. The highest BCUT2D eigenvalue weighted by Crippen LogP contribution is 2.32. The van der Waals surface area contributed by atoms with Crippen molar-refractivity contribution >= 4 is 22.6 Å². The van der Waals surface area contributed by atoms with Crippen LogP contribution in [0.15, 0.2) is 60.7 Å². The van der Waals surface area contributed by atoms with Crippen molar-refractivity contribution in [1.29, 1.82) is 0 Å². The number of carboxylic acid groups (broad SMARTS) is 1. The zero-order valence-electron chi connectivity index (χ0n) is 18.1. The molecule has 0 saturated carbocycles. The first kappa shape index (κ1) is 24.1. The highest BCUT2D eigenvalue weighted by Gasteiger charge is 2.30. The summed E-state index contributed by atoms with van der Waals surface area (Å²) < 4.78 is 44.4. The predicted octanol–water partition coefficient (Wildman–Crippen LogP) is 5.67. The first-order valence-corrected chi connectivity index (χ1v) is 10.5. The monoisotopic (exact) mass is 459 g/mol. The van der Waals surface area contributed by atoms with Crippen molar-refractivity contribution in [3.63, 3.8) is 0 Å². The van der Waals surface area contributed by atoms with Crippen molar-refractivity contribution in [3.05, 3.63) is 77.4 Å². The fourth-order valence-corrected chi connectivity index (χ4v) is 3.42.